The van der Waals surface area contributed by atoms with E-state index in [0.29, 0.717) is 17.9 Å². The van der Waals surface area contributed by atoms with Crippen LogP contribution in [0.25, 0.3) is 6.08 Å². The summed E-state index contributed by atoms with van der Waals surface area (Å²) in [6.45, 7) is 5.04. The van der Waals surface area contributed by atoms with Crippen molar-refractivity contribution in [3.8, 4) is 0 Å². The van der Waals surface area contributed by atoms with Gasteiger partial charge in [0.25, 0.3) is 0 Å². The molecule has 2 aliphatic rings. The second-order valence-corrected chi connectivity index (χ2v) is 6.50. The van der Waals surface area contributed by atoms with Gasteiger partial charge in [0, 0.05) is 44.1 Å². The van der Waals surface area contributed by atoms with Crippen LogP contribution in [-0.2, 0) is 4.79 Å². The highest BCUT2D eigenvalue weighted by Gasteiger charge is 2.34. The zero-order chi connectivity index (χ0) is 16.1. The molecule has 0 aliphatic carbocycles. The van der Waals surface area contributed by atoms with E-state index in [-0.39, 0.29) is 5.91 Å². The largest absolute Gasteiger partial charge is 0.339 e. The molecule has 0 saturated carbocycles. The van der Waals surface area contributed by atoms with Gasteiger partial charge in [0.1, 0.15) is 0 Å². The van der Waals surface area contributed by atoms with E-state index < -0.39 is 0 Å². The van der Waals surface area contributed by atoms with E-state index in [1.807, 2.05) is 23.1 Å². The molecule has 1 aromatic heterocycles. The van der Waals surface area contributed by atoms with Gasteiger partial charge >= 0.3 is 0 Å². The van der Waals surface area contributed by atoms with E-state index in [4.69, 9.17) is 0 Å². The highest BCUT2D eigenvalue weighted by atomic mass is 16.2. The van der Waals surface area contributed by atoms with Gasteiger partial charge in [-0.3, -0.25) is 20.6 Å². The first-order chi connectivity index (χ1) is 11.3. The number of piperidine rings is 1. The lowest BCUT2D eigenvalue weighted by atomic mass is 9.82. The van der Waals surface area contributed by atoms with Crippen LogP contribution in [0.3, 0.4) is 0 Å². The molecule has 2 saturated heterocycles. The summed E-state index contributed by atoms with van der Waals surface area (Å²) in [5.41, 5.74) is 7.75. The van der Waals surface area contributed by atoms with Crippen molar-refractivity contribution in [2.45, 2.75) is 32.2 Å². The molecule has 0 bridgehead atoms. The Morgan fingerprint density at radius 3 is 2.78 bits per heavy atom. The standard InChI is InChI=1S/C18H26N4O/c1-2-15-13-20-21-18(15)16-7-11-22(12-8-16)17(23)4-3-14-5-9-19-10-6-14/h3-6,9-10,15-16,18,20-21H,2,7-8,11-13H2,1H3/b4-3+. The van der Waals surface area contributed by atoms with Gasteiger partial charge in [0.2, 0.25) is 5.91 Å². The van der Waals surface area contributed by atoms with Crippen molar-refractivity contribution < 1.29 is 4.79 Å². The number of carbonyl (C=O) groups excluding carboxylic acids is 1. The number of pyridine rings is 1. The molecule has 3 heterocycles. The lowest BCUT2D eigenvalue weighted by Crippen LogP contribution is -2.45. The van der Waals surface area contributed by atoms with Crippen molar-refractivity contribution in [1.82, 2.24) is 20.7 Å². The lowest BCUT2D eigenvalue weighted by molar-refractivity contribution is -0.127. The summed E-state index contributed by atoms with van der Waals surface area (Å²) >= 11 is 0. The molecule has 2 fully saturated rings. The zero-order valence-corrected chi connectivity index (χ0v) is 13.7. The average molecular weight is 314 g/mol. The highest BCUT2D eigenvalue weighted by molar-refractivity contribution is 5.91. The third-order valence-corrected chi connectivity index (χ3v) is 5.15. The molecule has 5 nitrogen and oxygen atoms in total. The fourth-order valence-corrected chi connectivity index (χ4v) is 3.68. The number of carbonyl (C=O) groups is 1. The van der Waals surface area contributed by atoms with Gasteiger partial charge in [0.05, 0.1) is 0 Å². The number of nitrogens with one attached hydrogen (secondary N) is 2. The minimum atomic E-state index is 0.116. The van der Waals surface area contributed by atoms with Gasteiger partial charge < -0.3 is 4.90 Å². The molecule has 23 heavy (non-hydrogen) atoms. The number of rotatable bonds is 4. The predicted molar refractivity (Wildman–Crippen MR) is 91.3 cm³/mol. The number of nitrogens with zero attached hydrogens (tertiary/aromatic N) is 2. The Balaban J connectivity index is 1.50. The van der Waals surface area contributed by atoms with E-state index in [9.17, 15) is 4.79 Å². The Labute approximate surface area is 138 Å². The van der Waals surface area contributed by atoms with Gasteiger partial charge in [0.15, 0.2) is 0 Å². The third-order valence-electron chi connectivity index (χ3n) is 5.15. The Hall–Kier alpha value is -1.72. The first-order valence-electron chi connectivity index (χ1n) is 8.63. The summed E-state index contributed by atoms with van der Waals surface area (Å²) in [5.74, 6) is 1.50. The maximum Gasteiger partial charge on any atom is 0.246 e. The normalized spacial score (nSPS) is 26.0. The number of hydrazine groups is 1. The predicted octanol–water partition coefficient (Wildman–Crippen LogP) is 1.84. The van der Waals surface area contributed by atoms with E-state index in [1.54, 1.807) is 18.5 Å². The second-order valence-electron chi connectivity index (χ2n) is 6.50. The van der Waals surface area contributed by atoms with Gasteiger partial charge in [-0.05, 0) is 48.4 Å². The lowest BCUT2D eigenvalue weighted by Gasteiger charge is -2.36. The van der Waals surface area contributed by atoms with Crippen LogP contribution < -0.4 is 10.9 Å². The maximum atomic E-state index is 12.3. The number of hydrogen-bond donors (Lipinski definition) is 2. The smallest absolute Gasteiger partial charge is 0.246 e. The van der Waals surface area contributed by atoms with Gasteiger partial charge in [-0.25, -0.2) is 0 Å². The van der Waals surface area contributed by atoms with Crippen molar-refractivity contribution in [2.75, 3.05) is 19.6 Å². The molecule has 2 aliphatic heterocycles. The Morgan fingerprint density at radius 2 is 2.09 bits per heavy atom. The SMILES string of the molecule is CCC1CNNC1C1CCN(C(=O)/C=C/c2ccncc2)CC1. The Kier molecular flexibility index (Phi) is 5.41. The van der Waals surface area contributed by atoms with E-state index in [1.165, 1.54) is 6.42 Å². The van der Waals surface area contributed by atoms with Crippen LogP contribution in [0.2, 0.25) is 0 Å². The van der Waals surface area contributed by atoms with Crippen molar-refractivity contribution in [3.63, 3.8) is 0 Å². The monoisotopic (exact) mass is 314 g/mol. The molecular weight excluding hydrogens is 288 g/mol. The molecule has 2 atom stereocenters. The van der Waals surface area contributed by atoms with Crippen LogP contribution >= 0.6 is 0 Å². The Bertz CT molecular complexity index is 537. The van der Waals surface area contributed by atoms with Crippen molar-refractivity contribution in [2.24, 2.45) is 11.8 Å². The molecular formula is C18H26N4O. The molecule has 1 amide bonds. The Morgan fingerprint density at radius 1 is 1.35 bits per heavy atom. The quantitative estimate of drug-likeness (QED) is 0.833. The van der Waals surface area contributed by atoms with Crippen LogP contribution in [0.5, 0.6) is 0 Å². The molecule has 3 rings (SSSR count). The van der Waals surface area contributed by atoms with E-state index in [2.05, 4.69) is 22.8 Å². The summed E-state index contributed by atoms with van der Waals surface area (Å²) in [6.07, 6.45) is 10.4. The molecule has 1 aromatic rings. The van der Waals surface area contributed by atoms with Crippen LogP contribution in [0.4, 0.5) is 0 Å². The van der Waals surface area contributed by atoms with Gasteiger partial charge in [-0.15, -0.1) is 0 Å². The fraction of sp³-hybridized carbons (Fsp3) is 0.556. The number of likely N-dealkylation sites (tertiary alicyclic amines) is 1. The molecule has 2 N–H and O–H groups in total. The second kappa shape index (κ2) is 7.70. The molecule has 0 spiro atoms. The number of hydrogen-bond acceptors (Lipinski definition) is 4. The highest BCUT2D eigenvalue weighted by Crippen LogP contribution is 2.28. The zero-order valence-electron chi connectivity index (χ0n) is 13.7. The van der Waals surface area contributed by atoms with Crippen LogP contribution in [0.1, 0.15) is 31.7 Å². The van der Waals surface area contributed by atoms with Crippen molar-refractivity contribution in [3.05, 3.63) is 36.2 Å². The minimum Gasteiger partial charge on any atom is -0.339 e. The van der Waals surface area contributed by atoms with Gasteiger partial charge in [-0.2, -0.15) is 0 Å². The van der Waals surface area contributed by atoms with Crippen LogP contribution in [-0.4, -0.2) is 41.5 Å². The molecule has 5 heteroatoms. The van der Waals surface area contributed by atoms with Crippen molar-refractivity contribution >= 4 is 12.0 Å². The summed E-state index contributed by atoms with van der Waals surface area (Å²) in [6, 6.07) is 4.36. The van der Waals surface area contributed by atoms with Crippen LogP contribution in [0, 0.1) is 11.8 Å². The molecule has 0 radical (unpaired) electrons. The average Bonchev–Trinajstić information content (AvgIpc) is 3.09. The summed E-state index contributed by atoms with van der Waals surface area (Å²) in [7, 11) is 0. The first-order valence-corrected chi connectivity index (χ1v) is 8.63. The summed E-state index contributed by atoms with van der Waals surface area (Å²) < 4.78 is 0. The van der Waals surface area contributed by atoms with Crippen LogP contribution in [0.15, 0.2) is 30.6 Å². The summed E-state index contributed by atoms with van der Waals surface area (Å²) in [5, 5.41) is 0. The van der Waals surface area contributed by atoms with E-state index in [0.717, 1.165) is 38.0 Å². The summed E-state index contributed by atoms with van der Waals surface area (Å²) in [4.78, 5) is 18.3. The molecule has 124 valence electrons. The first kappa shape index (κ1) is 16.1. The van der Waals surface area contributed by atoms with Gasteiger partial charge in [-0.1, -0.05) is 13.3 Å². The molecule has 0 aromatic carbocycles. The topological polar surface area (TPSA) is 57.3 Å². The molecule has 2 unspecified atom stereocenters. The van der Waals surface area contributed by atoms with E-state index >= 15 is 0 Å². The maximum absolute atomic E-state index is 12.3. The fourth-order valence-electron chi connectivity index (χ4n) is 3.68. The number of aromatic nitrogens is 1. The minimum absolute atomic E-state index is 0.116. The third kappa shape index (κ3) is 3.98. The van der Waals surface area contributed by atoms with Crippen molar-refractivity contribution in [1.29, 1.82) is 0 Å². The number of amides is 1.